The van der Waals surface area contributed by atoms with Crippen molar-refractivity contribution in [1.29, 1.82) is 0 Å². The molecule has 2 atom stereocenters. The largest absolute Gasteiger partial charge is 0.484 e. The molecule has 1 aromatic rings. The van der Waals surface area contributed by atoms with Crippen LogP contribution in [0.15, 0.2) is 24.3 Å². The van der Waals surface area contributed by atoms with Crippen LogP contribution < -0.4 is 10.1 Å². The van der Waals surface area contributed by atoms with Gasteiger partial charge in [-0.3, -0.25) is 4.79 Å². The van der Waals surface area contributed by atoms with Crippen LogP contribution in [0.1, 0.15) is 32.8 Å². The van der Waals surface area contributed by atoms with Gasteiger partial charge in [0, 0.05) is 11.5 Å². The number of hydrogen-bond acceptors (Lipinski definition) is 3. The third-order valence-corrected chi connectivity index (χ3v) is 4.25. The highest BCUT2D eigenvalue weighted by Crippen LogP contribution is 2.40. The predicted octanol–water partition coefficient (Wildman–Crippen LogP) is 1.90. The van der Waals surface area contributed by atoms with Crippen molar-refractivity contribution in [2.24, 2.45) is 5.41 Å². The minimum absolute atomic E-state index is 0.00808. The quantitative estimate of drug-likeness (QED) is 0.864. The van der Waals surface area contributed by atoms with Crippen molar-refractivity contribution >= 4 is 5.91 Å². The molecular formula is C16H23NO3. The van der Waals surface area contributed by atoms with Crippen LogP contribution in [-0.4, -0.2) is 29.8 Å². The fourth-order valence-electron chi connectivity index (χ4n) is 2.35. The van der Waals surface area contributed by atoms with Crippen LogP contribution in [0, 0.1) is 5.41 Å². The van der Waals surface area contributed by atoms with E-state index in [1.165, 1.54) is 5.56 Å². The van der Waals surface area contributed by atoms with E-state index in [0.717, 1.165) is 6.42 Å². The lowest BCUT2D eigenvalue weighted by Gasteiger charge is -2.49. The Morgan fingerprint density at radius 3 is 2.55 bits per heavy atom. The number of aliphatic hydroxyl groups is 1. The Bertz CT molecular complexity index is 467. The fraction of sp³-hybridized carbons (Fsp3) is 0.562. The summed E-state index contributed by atoms with van der Waals surface area (Å²) < 4.78 is 5.46. The van der Waals surface area contributed by atoms with Gasteiger partial charge in [0.05, 0.1) is 6.10 Å². The topological polar surface area (TPSA) is 58.6 Å². The molecule has 1 aliphatic carbocycles. The zero-order valence-electron chi connectivity index (χ0n) is 12.3. The first-order chi connectivity index (χ1) is 9.43. The number of amides is 1. The van der Waals surface area contributed by atoms with Crippen molar-refractivity contribution in [1.82, 2.24) is 5.32 Å². The number of ether oxygens (including phenoxy) is 1. The maximum atomic E-state index is 11.8. The number of carbonyl (C=O) groups excluding carboxylic acids is 1. The molecule has 1 aromatic carbocycles. The molecule has 20 heavy (non-hydrogen) atoms. The van der Waals surface area contributed by atoms with Gasteiger partial charge in [0.15, 0.2) is 6.61 Å². The van der Waals surface area contributed by atoms with E-state index in [2.05, 4.69) is 12.2 Å². The monoisotopic (exact) mass is 277 g/mol. The standard InChI is InChI=1S/C16H23NO3/c1-4-11-5-7-12(8-6-11)20-10-15(19)17-13-9-14(18)16(13,2)3/h5-8,13-14,18H,4,9-10H2,1-3H3,(H,17,19). The first-order valence-electron chi connectivity index (χ1n) is 7.12. The Kier molecular flexibility index (Phi) is 4.33. The molecule has 0 aromatic heterocycles. The number of aliphatic hydroxyl groups excluding tert-OH is 1. The van der Waals surface area contributed by atoms with Crippen LogP contribution in [0.25, 0.3) is 0 Å². The predicted molar refractivity (Wildman–Crippen MR) is 77.7 cm³/mol. The van der Waals surface area contributed by atoms with Gasteiger partial charge in [-0.15, -0.1) is 0 Å². The molecule has 0 radical (unpaired) electrons. The summed E-state index contributed by atoms with van der Waals surface area (Å²) in [6.07, 6.45) is 1.26. The molecular weight excluding hydrogens is 254 g/mol. The molecule has 110 valence electrons. The minimum atomic E-state index is -0.338. The Labute approximate surface area is 120 Å². The Hall–Kier alpha value is -1.55. The summed E-state index contributed by atoms with van der Waals surface area (Å²) in [4.78, 5) is 11.8. The molecule has 1 saturated carbocycles. The van der Waals surface area contributed by atoms with Crippen LogP contribution in [-0.2, 0) is 11.2 Å². The molecule has 4 heteroatoms. The van der Waals surface area contributed by atoms with Crippen molar-refractivity contribution < 1.29 is 14.6 Å². The van der Waals surface area contributed by atoms with Gasteiger partial charge < -0.3 is 15.2 Å². The maximum Gasteiger partial charge on any atom is 0.258 e. The molecule has 1 fully saturated rings. The summed E-state index contributed by atoms with van der Waals surface area (Å²) in [6.45, 7) is 6.01. The SMILES string of the molecule is CCc1ccc(OCC(=O)NC2CC(O)C2(C)C)cc1. The highest BCUT2D eigenvalue weighted by molar-refractivity contribution is 5.78. The van der Waals surface area contributed by atoms with Crippen molar-refractivity contribution in [3.8, 4) is 5.75 Å². The van der Waals surface area contributed by atoms with Crippen molar-refractivity contribution in [3.63, 3.8) is 0 Å². The zero-order valence-corrected chi connectivity index (χ0v) is 12.3. The maximum absolute atomic E-state index is 11.8. The smallest absolute Gasteiger partial charge is 0.258 e. The van der Waals surface area contributed by atoms with Gasteiger partial charge in [-0.05, 0) is 30.5 Å². The summed E-state index contributed by atoms with van der Waals surface area (Å²) in [5.74, 6) is 0.555. The summed E-state index contributed by atoms with van der Waals surface area (Å²) in [5, 5.41) is 12.5. The fourth-order valence-corrected chi connectivity index (χ4v) is 2.35. The molecule has 0 aliphatic heterocycles. The lowest BCUT2D eigenvalue weighted by molar-refractivity contribution is -0.131. The second kappa shape index (κ2) is 5.83. The average Bonchev–Trinajstić information content (AvgIpc) is 2.45. The number of nitrogens with one attached hydrogen (secondary N) is 1. The van der Waals surface area contributed by atoms with E-state index in [0.29, 0.717) is 12.2 Å². The third kappa shape index (κ3) is 3.12. The Morgan fingerprint density at radius 1 is 1.40 bits per heavy atom. The number of benzene rings is 1. The number of carbonyl (C=O) groups is 1. The van der Waals surface area contributed by atoms with E-state index in [4.69, 9.17) is 4.74 Å². The van der Waals surface area contributed by atoms with Gasteiger partial charge in [-0.2, -0.15) is 0 Å². The second-order valence-electron chi connectivity index (χ2n) is 5.98. The molecule has 0 heterocycles. The highest BCUT2D eigenvalue weighted by atomic mass is 16.5. The lowest BCUT2D eigenvalue weighted by Crippen LogP contribution is -2.61. The number of aryl methyl sites for hydroxylation is 1. The number of hydrogen-bond donors (Lipinski definition) is 2. The van der Waals surface area contributed by atoms with Gasteiger partial charge in [0.1, 0.15) is 5.75 Å². The van der Waals surface area contributed by atoms with E-state index < -0.39 is 0 Å². The molecule has 0 spiro atoms. The van der Waals surface area contributed by atoms with E-state index in [9.17, 15) is 9.90 Å². The van der Waals surface area contributed by atoms with Crippen molar-refractivity contribution in [3.05, 3.63) is 29.8 Å². The first-order valence-corrected chi connectivity index (χ1v) is 7.12. The first kappa shape index (κ1) is 14.9. The van der Waals surface area contributed by atoms with Crippen LogP contribution in [0.5, 0.6) is 5.75 Å². The van der Waals surface area contributed by atoms with E-state index in [1.54, 1.807) is 0 Å². The van der Waals surface area contributed by atoms with Gasteiger partial charge in [-0.1, -0.05) is 32.9 Å². The molecule has 2 rings (SSSR count). The molecule has 0 saturated heterocycles. The second-order valence-corrected chi connectivity index (χ2v) is 5.98. The Balaban J connectivity index is 1.78. The molecule has 0 bridgehead atoms. The molecule has 4 nitrogen and oxygen atoms in total. The molecule has 1 aliphatic rings. The number of rotatable bonds is 5. The molecule has 2 unspecified atom stereocenters. The molecule has 2 N–H and O–H groups in total. The lowest BCUT2D eigenvalue weighted by atomic mass is 9.64. The van der Waals surface area contributed by atoms with Gasteiger partial charge in [0.2, 0.25) is 0 Å². The van der Waals surface area contributed by atoms with Gasteiger partial charge in [-0.25, -0.2) is 0 Å². The average molecular weight is 277 g/mol. The van der Waals surface area contributed by atoms with E-state index in [1.807, 2.05) is 38.1 Å². The Morgan fingerprint density at radius 2 is 2.05 bits per heavy atom. The third-order valence-electron chi connectivity index (χ3n) is 4.25. The van der Waals surface area contributed by atoms with E-state index in [-0.39, 0.29) is 30.1 Å². The summed E-state index contributed by atoms with van der Waals surface area (Å²) in [6, 6.07) is 7.78. The van der Waals surface area contributed by atoms with Gasteiger partial charge >= 0.3 is 0 Å². The van der Waals surface area contributed by atoms with Crippen LogP contribution in [0.3, 0.4) is 0 Å². The highest BCUT2D eigenvalue weighted by Gasteiger charge is 2.47. The van der Waals surface area contributed by atoms with Crippen molar-refractivity contribution in [2.45, 2.75) is 45.8 Å². The normalized spacial score (nSPS) is 23.8. The van der Waals surface area contributed by atoms with Crippen LogP contribution >= 0.6 is 0 Å². The van der Waals surface area contributed by atoms with Crippen molar-refractivity contribution in [2.75, 3.05) is 6.61 Å². The summed E-state index contributed by atoms with van der Waals surface area (Å²) >= 11 is 0. The van der Waals surface area contributed by atoms with Gasteiger partial charge in [0.25, 0.3) is 5.91 Å². The summed E-state index contributed by atoms with van der Waals surface area (Å²) in [5.41, 5.74) is 0.991. The van der Waals surface area contributed by atoms with E-state index >= 15 is 0 Å². The van der Waals surface area contributed by atoms with Crippen LogP contribution in [0.4, 0.5) is 0 Å². The summed E-state index contributed by atoms with van der Waals surface area (Å²) in [7, 11) is 0. The van der Waals surface area contributed by atoms with Crippen LogP contribution in [0.2, 0.25) is 0 Å². The minimum Gasteiger partial charge on any atom is -0.484 e. The molecule has 1 amide bonds. The zero-order chi connectivity index (χ0) is 14.8.